The van der Waals surface area contributed by atoms with Crippen LogP contribution in [-0.4, -0.2) is 70.3 Å². The van der Waals surface area contributed by atoms with Crippen molar-refractivity contribution in [3.8, 4) is 0 Å². The van der Waals surface area contributed by atoms with E-state index >= 15 is 0 Å². The average Bonchev–Trinajstić information content (AvgIpc) is 2.94. The lowest BCUT2D eigenvalue weighted by Gasteiger charge is -2.39. The summed E-state index contributed by atoms with van der Waals surface area (Å²) in [5, 5.41) is 18.6. The van der Waals surface area contributed by atoms with Crippen molar-refractivity contribution in [3.05, 3.63) is 0 Å². The molecule has 1 aliphatic carbocycles. The zero-order valence-corrected chi connectivity index (χ0v) is 27.9. The fraction of sp³-hybridized carbons (Fsp3) is 0.933. The van der Waals surface area contributed by atoms with Crippen LogP contribution in [0.25, 0.3) is 0 Å². The van der Waals surface area contributed by atoms with E-state index in [1.165, 1.54) is 34.6 Å². The fourth-order valence-corrected chi connectivity index (χ4v) is 4.38. The highest BCUT2D eigenvalue weighted by Gasteiger charge is 2.72. The molecule has 1 fully saturated rings. The predicted molar refractivity (Wildman–Crippen MR) is 148 cm³/mol. The summed E-state index contributed by atoms with van der Waals surface area (Å²) in [6.45, 7) is 10.5. The first-order chi connectivity index (χ1) is 21.3. The lowest BCUT2D eigenvalue weighted by molar-refractivity contribution is -0.375. The average molecular weight is 731 g/mol. The molecule has 1 rings (SSSR count). The number of carbonyl (C=O) groups excluding carboxylic acids is 2. The summed E-state index contributed by atoms with van der Waals surface area (Å²) in [6.07, 6.45) is -27.5. The van der Waals surface area contributed by atoms with Gasteiger partial charge in [0.25, 0.3) is 11.2 Å². The Morgan fingerprint density at radius 3 is 1.25 bits per heavy atom. The first-order valence-electron chi connectivity index (χ1n) is 15.4. The zero-order valence-electron chi connectivity index (χ0n) is 27.9. The molecule has 2 unspecified atom stereocenters. The number of halogens is 12. The first kappa shape index (κ1) is 46.0. The molecule has 0 bridgehead atoms. The smallest absolute Gasteiger partial charge is 0.426 e. The van der Waals surface area contributed by atoms with Crippen molar-refractivity contribution in [1.29, 1.82) is 0 Å². The Morgan fingerprint density at radius 2 is 0.938 bits per heavy atom. The van der Waals surface area contributed by atoms with Gasteiger partial charge in [-0.15, -0.1) is 0 Å². The Bertz CT molecular complexity index is 997. The van der Waals surface area contributed by atoms with Gasteiger partial charge in [-0.3, -0.25) is 9.59 Å². The van der Waals surface area contributed by atoms with Gasteiger partial charge in [0.1, 0.15) is 12.2 Å². The number of alkyl halides is 12. The summed E-state index contributed by atoms with van der Waals surface area (Å²) in [5.41, 5.74) is -11.9. The largest absolute Gasteiger partial charge is 0.462 e. The minimum absolute atomic E-state index is 0.292. The van der Waals surface area contributed by atoms with Gasteiger partial charge in [0, 0.05) is 12.8 Å². The van der Waals surface area contributed by atoms with Gasteiger partial charge >= 0.3 is 36.6 Å². The van der Waals surface area contributed by atoms with Crippen LogP contribution in [0.4, 0.5) is 52.7 Å². The van der Waals surface area contributed by atoms with Crippen LogP contribution in [0.2, 0.25) is 0 Å². The third-order valence-corrected chi connectivity index (χ3v) is 8.93. The Labute approximate surface area is 271 Å². The van der Waals surface area contributed by atoms with Crippen molar-refractivity contribution in [2.24, 2.45) is 16.7 Å². The third-order valence-electron chi connectivity index (χ3n) is 8.93. The van der Waals surface area contributed by atoms with Crippen LogP contribution in [0, 0.1) is 16.7 Å². The summed E-state index contributed by atoms with van der Waals surface area (Å²) >= 11 is 0. The number of carbonyl (C=O) groups is 2. The van der Waals surface area contributed by atoms with Crippen LogP contribution >= 0.6 is 0 Å². The van der Waals surface area contributed by atoms with E-state index in [1.54, 1.807) is 13.8 Å². The number of aliphatic hydroxyl groups is 2. The van der Waals surface area contributed by atoms with Crippen LogP contribution in [0.1, 0.15) is 113 Å². The van der Waals surface area contributed by atoms with Gasteiger partial charge in [0.2, 0.25) is 0 Å². The number of hydrogen-bond donors (Lipinski definition) is 2. The van der Waals surface area contributed by atoms with Gasteiger partial charge in [0.15, 0.2) is 0 Å². The van der Waals surface area contributed by atoms with Crippen molar-refractivity contribution in [3.63, 3.8) is 0 Å². The fourth-order valence-electron chi connectivity index (χ4n) is 4.38. The molecule has 6 nitrogen and oxygen atoms in total. The summed E-state index contributed by atoms with van der Waals surface area (Å²) < 4.78 is 164. The van der Waals surface area contributed by atoms with Gasteiger partial charge in [-0.05, 0) is 65.7 Å². The molecule has 0 radical (unpaired) electrons. The molecule has 286 valence electrons. The van der Waals surface area contributed by atoms with E-state index in [1.807, 2.05) is 0 Å². The minimum atomic E-state index is -5.93. The maximum Gasteiger partial charge on any atom is 0.426 e. The van der Waals surface area contributed by atoms with Crippen molar-refractivity contribution >= 4 is 11.9 Å². The lowest BCUT2D eigenvalue weighted by atomic mass is 9.80. The normalized spacial score (nSPS) is 17.6. The van der Waals surface area contributed by atoms with Gasteiger partial charge in [-0.2, -0.15) is 52.7 Å². The SMILES string of the molecule is CCC(C)(C)C(=O)OC(CC(O)(C(F)(F)F)C(F)(F)F)C1CCCCC1.CCC(CC(O)(C(F)(F)F)C(F)(F)F)OC(=O)C(C)(C)CC. The lowest BCUT2D eigenvalue weighted by Crippen LogP contribution is -2.59. The molecule has 0 aromatic rings. The zero-order chi connectivity index (χ0) is 38.4. The third kappa shape index (κ3) is 11.5. The molecule has 0 amide bonds. The number of hydrogen-bond acceptors (Lipinski definition) is 6. The first-order valence-corrected chi connectivity index (χ1v) is 15.4. The topological polar surface area (TPSA) is 93.1 Å². The second kappa shape index (κ2) is 16.4. The molecule has 1 aliphatic rings. The Kier molecular flexibility index (Phi) is 15.7. The highest BCUT2D eigenvalue weighted by molar-refractivity contribution is 5.76. The quantitative estimate of drug-likeness (QED) is 0.154. The molecule has 0 aromatic heterocycles. The van der Waals surface area contributed by atoms with Crippen LogP contribution in [0.5, 0.6) is 0 Å². The number of rotatable bonds is 12. The van der Waals surface area contributed by atoms with Crippen molar-refractivity contribution in [2.45, 2.75) is 161 Å². The monoisotopic (exact) mass is 730 g/mol. The molecule has 0 heterocycles. The van der Waals surface area contributed by atoms with Crippen molar-refractivity contribution in [1.82, 2.24) is 0 Å². The van der Waals surface area contributed by atoms with Gasteiger partial charge in [-0.1, -0.05) is 40.0 Å². The van der Waals surface area contributed by atoms with Crippen LogP contribution in [0.3, 0.4) is 0 Å². The molecule has 0 aliphatic heterocycles. The maximum absolute atomic E-state index is 13.1. The molecular weight excluding hydrogens is 684 g/mol. The molecule has 0 saturated heterocycles. The molecule has 2 atom stereocenters. The molecular formula is C30H46F12O6. The molecule has 1 saturated carbocycles. The van der Waals surface area contributed by atoms with E-state index in [9.17, 15) is 67.4 Å². The number of ether oxygens (including phenoxy) is 2. The highest BCUT2D eigenvalue weighted by Crippen LogP contribution is 2.49. The standard InChI is InChI=1S/C17H26F6O3.C13H20F6O3/c1-4-14(2,3)13(24)26-12(11-8-6-5-7-9-11)10-15(25,16(18,19)20)17(21,22)23;1-5-8(22-9(20)10(3,4)6-2)7-11(21,12(14,15)16)13(17,18)19/h11-12,25H,4-10H2,1-3H3;8,21H,5-7H2,1-4H3. The summed E-state index contributed by atoms with van der Waals surface area (Å²) in [7, 11) is 0. The van der Waals surface area contributed by atoms with E-state index in [4.69, 9.17) is 14.6 Å². The van der Waals surface area contributed by atoms with E-state index in [2.05, 4.69) is 0 Å². The molecule has 0 spiro atoms. The molecule has 18 heteroatoms. The van der Waals surface area contributed by atoms with E-state index in [0.29, 0.717) is 38.5 Å². The van der Waals surface area contributed by atoms with Crippen LogP contribution in [0.15, 0.2) is 0 Å². The Balaban J connectivity index is 0.000000935. The van der Waals surface area contributed by atoms with E-state index < -0.39 is 89.6 Å². The second-order valence-corrected chi connectivity index (χ2v) is 13.4. The van der Waals surface area contributed by atoms with E-state index in [-0.39, 0.29) is 6.42 Å². The minimum Gasteiger partial charge on any atom is -0.462 e. The molecule has 2 N–H and O–H groups in total. The van der Waals surface area contributed by atoms with Gasteiger partial charge < -0.3 is 19.7 Å². The van der Waals surface area contributed by atoms with Crippen LogP contribution < -0.4 is 0 Å². The molecule has 48 heavy (non-hydrogen) atoms. The van der Waals surface area contributed by atoms with Crippen molar-refractivity contribution < 1.29 is 82.0 Å². The summed E-state index contributed by atoms with van der Waals surface area (Å²) in [4.78, 5) is 24.1. The highest BCUT2D eigenvalue weighted by atomic mass is 19.4. The second-order valence-electron chi connectivity index (χ2n) is 13.4. The van der Waals surface area contributed by atoms with E-state index in [0.717, 1.165) is 6.42 Å². The predicted octanol–water partition coefficient (Wildman–Crippen LogP) is 9.15. The summed E-state index contributed by atoms with van der Waals surface area (Å²) in [5.74, 6) is -2.41. The maximum atomic E-state index is 13.1. The number of esters is 2. The van der Waals surface area contributed by atoms with Crippen molar-refractivity contribution in [2.75, 3.05) is 0 Å². The van der Waals surface area contributed by atoms with Crippen LogP contribution in [-0.2, 0) is 19.1 Å². The summed E-state index contributed by atoms with van der Waals surface area (Å²) in [6, 6.07) is 0. The van der Waals surface area contributed by atoms with Gasteiger partial charge in [0.05, 0.1) is 10.8 Å². The Morgan fingerprint density at radius 1 is 0.604 bits per heavy atom. The Hall–Kier alpha value is -1.98. The van der Waals surface area contributed by atoms with Gasteiger partial charge in [-0.25, -0.2) is 0 Å². The molecule has 0 aromatic carbocycles.